The number of methoxy groups -OCH3 is 1. The second kappa shape index (κ2) is 7.47. The Balaban J connectivity index is 2.66. The van der Waals surface area contributed by atoms with Gasteiger partial charge in [0.05, 0.1) is 7.11 Å². The van der Waals surface area contributed by atoms with Crippen LogP contribution in [-0.4, -0.2) is 31.5 Å². The number of carbonyl (C=O) groups is 2. The van der Waals surface area contributed by atoms with Crippen LogP contribution in [0.2, 0.25) is 0 Å². The van der Waals surface area contributed by atoms with Gasteiger partial charge in [-0.2, -0.15) is 0 Å². The molecule has 0 saturated heterocycles. The van der Waals surface area contributed by atoms with Crippen molar-refractivity contribution in [2.75, 3.05) is 13.7 Å². The van der Waals surface area contributed by atoms with Crippen molar-refractivity contribution in [2.24, 2.45) is 0 Å². The standard InChI is InChI=1S/C14H19FN2O3/c1-4-7-16-13(18)9(2)17-14(19)10-5-6-12(20-3)11(15)8-10/h5-6,8-9H,4,7H2,1-3H3,(H,16,18)(H,17,19)/t9-/m1/s1. The molecule has 0 aliphatic heterocycles. The zero-order valence-electron chi connectivity index (χ0n) is 11.8. The molecule has 1 aromatic rings. The molecular formula is C14H19FN2O3. The second-order valence-electron chi connectivity index (χ2n) is 4.34. The van der Waals surface area contributed by atoms with Crippen LogP contribution in [0.15, 0.2) is 18.2 Å². The Bertz CT molecular complexity index is 491. The molecule has 1 aromatic carbocycles. The van der Waals surface area contributed by atoms with Gasteiger partial charge in [-0.15, -0.1) is 0 Å². The molecule has 2 N–H and O–H groups in total. The average Bonchev–Trinajstić information content (AvgIpc) is 2.44. The predicted octanol–water partition coefficient (Wildman–Crippen LogP) is 1.48. The van der Waals surface area contributed by atoms with Crippen molar-refractivity contribution in [2.45, 2.75) is 26.3 Å². The van der Waals surface area contributed by atoms with Gasteiger partial charge in [0, 0.05) is 12.1 Å². The largest absolute Gasteiger partial charge is 0.494 e. The number of amides is 2. The third kappa shape index (κ3) is 4.22. The Morgan fingerprint density at radius 3 is 2.65 bits per heavy atom. The molecule has 6 heteroatoms. The monoisotopic (exact) mass is 282 g/mol. The van der Waals surface area contributed by atoms with Crippen LogP contribution in [-0.2, 0) is 4.79 Å². The van der Waals surface area contributed by atoms with Gasteiger partial charge >= 0.3 is 0 Å². The molecule has 1 atom stereocenters. The first-order valence-electron chi connectivity index (χ1n) is 6.41. The van der Waals surface area contributed by atoms with Crippen molar-refractivity contribution in [1.82, 2.24) is 10.6 Å². The molecule has 0 unspecified atom stereocenters. The Kier molecular flexibility index (Phi) is 5.96. The van der Waals surface area contributed by atoms with E-state index in [1.54, 1.807) is 6.92 Å². The van der Waals surface area contributed by atoms with E-state index in [2.05, 4.69) is 10.6 Å². The van der Waals surface area contributed by atoms with Gasteiger partial charge in [0.25, 0.3) is 5.91 Å². The SMILES string of the molecule is CCCNC(=O)[C@@H](C)NC(=O)c1ccc(OC)c(F)c1. The zero-order valence-corrected chi connectivity index (χ0v) is 11.8. The summed E-state index contributed by atoms with van der Waals surface area (Å²) in [5.41, 5.74) is 0.137. The normalized spacial score (nSPS) is 11.6. The van der Waals surface area contributed by atoms with Crippen LogP contribution >= 0.6 is 0 Å². The highest BCUT2D eigenvalue weighted by molar-refractivity contribution is 5.97. The van der Waals surface area contributed by atoms with Gasteiger partial charge in [0.2, 0.25) is 5.91 Å². The van der Waals surface area contributed by atoms with E-state index in [9.17, 15) is 14.0 Å². The van der Waals surface area contributed by atoms with Gasteiger partial charge in [0.1, 0.15) is 6.04 Å². The summed E-state index contributed by atoms with van der Waals surface area (Å²) in [5.74, 6) is -1.33. The topological polar surface area (TPSA) is 67.4 Å². The van der Waals surface area contributed by atoms with Crippen molar-refractivity contribution in [3.8, 4) is 5.75 Å². The van der Waals surface area contributed by atoms with Crippen molar-refractivity contribution < 1.29 is 18.7 Å². The van der Waals surface area contributed by atoms with Crippen LogP contribution in [0.4, 0.5) is 4.39 Å². The molecule has 20 heavy (non-hydrogen) atoms. The molecule has 0 radical (unpaired) electrons. The molecule has 0 spiro atoms. The van der Waals surface area contributed by atoms with Crippen LogP contribution in [0.1, 0.15) is 30.6 Å². The van der Waals surface area contributed by atoms with Crippen LogP contribution in [0.25, 0.3) is 0 Å². The minimum Gasteiger partial charge on any atom is -0.494 e. The third-order valence-electron chi connectivity index (χ3n) is 2.70. The van der Waals surface area contributed by atoms with Gasteiger partial charge < -0.3 is 15.4 Å². The number of rotatable bonds is 6. The summed E-state index contributed by atoms with van der Waals surface area (Å²) in [6, 6.07) is 3.20. The molecule has 110 valence electrons. The summed E-state index contributed by atoms with van der Waals surface area (Å²) in [4.78, 5) is 23.5. The lowest BCUT2D eigenvalue weighted by atomic mass is 10.2. The molecule has 0 fully saturated rings. The molecule has 0 saturated carbocycles. The van der Waals surface area contributed by atoms with E-state index >= 15 is 0 Å². The Hall–Kier alpha value is -2.11. The second-order valence-corrected chi connectivity index (χ2v) is 4.34. The van der Waals surface area contributed by atoms with Gasteiger partial charge in [-0.3, -0.25) is 9.59 Å². The van der Waals surface area contributed by atoms with Crippen molar-refractivity contribution in [3.63, 3.8) is 0 Å². The highest BCUT2D eigenvalue weighted by Crippen LogP contribution is 2.17. The fraction of sp³-hybridized carbons (Fsp3) is 0.429. The van der Waals surface area contributed by atoms with E-state index in [0.717, 1.165) is 12.5 Å². The third-order valence-corrected chi connectivity index (χ3v) is 2.70. The van der Waals surface area contributed by atoms with E-state index in [1.165, 1.54) is 19.2 Å². The molecule has 2 amide bonds. The van der Waals surface area contributed by atoms with Crippen molar-refractivity contribution >= 4 is 11.8 Å². The van der Waals surface area contributed by atoms with E-state index in [-0.39, 0.29) is 17.2 Å². The molecule has 0 bridgehead atoms. The summed E-state index contributed by atoms with van der Waals surface area (Å²) < 4.78 is 18.3. The van der Waals surface area contributed by atoms with E-state index in [1.807, 2.05) is 6.92 Å². The minimum atomic E-state index is -0.681. The number of hydrogen-bond donors (Lipinski definition) is 2. The summed E-state index contributed by atoms with van der Waals surface area (Å²) in [7, 11) is 1.35. The lowest BCUT2D eigenvalue weighted by Gasteiger charge is -2.14. The van der Waals surface area contributed by atoms with E-state index in [4.69, 9.17) is 4.74 Å². The smallest absolute Gasteiger partial charge is 0.252 e. The summed E-state index contributed by atoms with van der Waals surface area (Å²) in [6.45, 7) is 4.06. The fourth-order valence-corrected chi connectivity index (χ4v) is 1.55. The number of carbonyl (C=O) groups excluding carboxylic acids is 2. The summed E-state index contributed by atoms with van der Waals surface area (Å²) in [6.07, 6.45) is 0.816. The summed E-state index contributed by atoms with van der Waals surface area (Å²) >= 11 is 0. The average molecular weight is 282 g/mol. The van der Waals surface area contributed by atoms with Gasteiger partial charge in [-0.05, 0) is 31.5 Å². The Morgan fingerprint density at radius 2 is 2.10 bits per heavy atom. The Morgan fingerprint density at radius 1 is 1.40 bits per heavy atom. The number of halogens is 1. The molecule has 0 heterocycles. The van der Waals surface area contributed by atoms with Crippen LogP contribution in [0, 0.1) is 5.82 Å². The molecule has 0 aromatic heterocycles. The quantitative estimate of drug-likeness (QED) is 0.830. The highest BCUT2D eigenvalue weighted by atomic mass is 19.1. The van der Waals surface area contributed by atoms with Crippen LogP contribution < -0.4 is 15.4 Å². The maximum Gasteiger partial charge on any atom is 0.252 e. The van der Waals surface area contributed by atoms with Crippen LogP contribution in [0.5, 0.6) is 5.75 Å². The fourth-order valence-electron chi connectivity index (χ4n) is 1.55. The van der Waals surface area contributed by atoms with E-state index < -0.39 is 17.8 Å². The lowest BCUT2D eigenvalue weighted by molar-refractivity contribution is -0.122. The number of ether oxygens (including phenoxy) is 1. The molecular weight excluding hydrogens is 263 g/mol. The number of nitrogens with one attached hydrogen (secondary N) is 2. The first-order valence-corrected chi connectivity index (χ1v) is 6.41. The van der Waals surface area contributed by atoms with Crippen molar-refractivity contribution in [1.29, 1.82) is 0 Å². The first kappa shape index (κ1) is 15.9. The highest BCUT2D eigenvalue weighted by Gasteiger charge is 2.17. The van der Waals surface area contributed by atoms with Gasteiger partial charge in [-0.1, -0.05) is 6.92 Å². The zero-order chi connectivity index (χ0) is 15.1. The lowest BCUT2D eigenvalue weighted by Crippen LogP contribution is -2.45. The van der Waals surface area contributed by atoms with Crippen LogP contribution in [0.3, 0.4) is 0 Å². The number of hydrogen-bond acceptors (Lipinski definition) is 3. The van der Waals surface area contributed by atoms with E-state index in [0.29, 0.717) is 6.54 Å². The predicted molar refractivity (Wildman–Crippen MR) is 73.2 cm³/mol. The maximum absolute atomic E-state index is 13.5. The Labute approximate surface area is 117 Å². The number of benzene rings is 1. The molecule has 0 aliphatic rings. The maximum atomic E-state index is 13.5. The first-order chi connectivity index (χ1) is 9.49. The molecule has 0 aliphatic carbocycles. The summed E-state index contributed by atoms with van der Waals surface area (Å²) in [5, 5.41) is 5.18. The minimum absolute atomic E-state index is 0.0651. The molecule has 1 rings (SSSR count). The molecule has 5 nitrogen and oxygen atoms in total. The van der Waals surface area contributed by atoms with Crippen molar-refractivity contribution in [3.05, 3.63) is 29.6 Å². The van der Waals surface area contributed by atoms with Gasteiger partial charge in [0.15, 0.2) is 11.6 Å². The van der Waals surface area contributed by atoms with Gasteiger partial charge in [-0.25, -0.2) is 4.39 Å².